The molecule has 0 bridgehead atoms. The van der Waals surface area contributed by atoms with Gasteiger partial charge in [-0.2, -0.15) is 18.2 Å². The van der Waals surface area contributed by atoms with Crippen LogP contribution in [0.3, 0.4) is 0 Å². The normalized spacial score (nSPS) is 11.5. The van der Waals surface area contributed by atoms with E-state index in [4.69, 9.17) is 0 Å². The molecule has 3 aromatic rings. The van der Waals surface area contributed by atoms with Gasteiger partial charge in [-0.25, -0.2) is 9.37 Å². The van der Waals surface area contributed by atoms with E-state index in [2.05, 4.69) is 29.9 Å². The lowest BCUT2D eigenvalue weighted by molar-refractivity contribution is -0.159. The fourth-order valence-electron chi connectivity index (χ4n) is 1.88. The van der Waals surface area contributed by atoms with Crippen molar-refractivity contribution < 1.29 is 22.1 Å². The van der Waals surface area contributed by atoms with Crippen molar-refractivity contribution in [3.63, 3.8) is 0 Å². The van der Waals surface area contributed by atoms with Crippen molar-refractivity contribution in [2.45, 2.75) is 12.7 Å². The van der Waals surface area contributed by atoms with E-state index in [0.29, 0.717) is 11.4 Å². The van der Waals surface area contributed by atoms with Crippen molar-refractivity contribution >= 4 is 5.82 Å². The van der Waals surface area contributed by atoms with Crippen molar-refractivity contribution in [1.82, 2.24) is 20.1 Å². The smallest absolute Gasteiger partial charge is 0.365 e. The topological polar surface area (TPSA) is 76.7 Å². The second kappa shape index (κ2) is 6.22. The van der Waals surface area contributed by atoms with Crippen molar-refractivity contribution in [3.05, 3.63) is 54.1 Å². The van der Waals surface area contributed by atoms with Crippen LogP contribution in [0.1, 0.15) is 11.5 Å². The number of aromatic nitrogens is 4. The molecule has 1 N–H and O–H groups in total. The van der Waals surface area contributed by atoms with Gasteiger partial charge >= 0.3 is 12.1 Å². The number of alkyl halides is 3. The van der Waals surface area contributed by atoms with Crippen LogP contribution in [-0.4, -0.2) is 20.1 Å². The molecule has 0 radical (unpaired) electrons. The van der Waals surface area contributed by atoms with Crippen LogP contribution in [0, 0.1) is 5.82 Å². The standard InChI is InChI=1S/C14H9F4N5O/c15-10-5-8(6-21-11-7-19-3-4-20-11)1-2-9(10)12-22-13(24-23-12)14(16,17)18/h1-5,7H,6H2,(H,20,21). The molecule has 124 valence electrons. The summed E-state index contributed by atoms with van der Waals surface area (Å²) in [5.74, 6) is -2.24. The number of halogens is 4. The number of anilines is 1. The molecule has 0 atom stereocenters. The van der Waals surface area contributed by atoms with E-state index in [1.54, 1.807) is 0 Å². The van der Waals surface area contributed by atoms with Crippen molar-refractivity contribution in [2.75, 3.05) is 5.32 Å². The number of rotatable bonds is 4. The van der Waals surface area contributed by atoms with E-state index in [0.717, 1.165) is 0 Å². The molecule has 0 saturated heterocycles. The summed E-state index contributed by atoms with van der Waals surface area (Å²) in [5, 5.41) is 6.09. The molecule has 0 aliphatic carbocycles. The monoisotopic (exact) mass is 339 g/mol. The first-order valence-corrected chi connectivity index (χ1v) is 6.63. The van der Waals surface area contributed by atoms with Crippen molar-refractivity contribution in [1.29, 1.82) is 0 Å². The zero-order valence-electron chi connectivity index (χ0n) is 11.9. The maximum Gasteiger partial charge on any atom is 0.471 e. The van der Waals surface area contributed by atoms with Gasteiger partial charge in [0.25, 0.3) is 0 Å². The molecule has 0 unspecified atom stereocenters. The van der Waals surface area contributed by atoms with Gasteiger partial charge in [0.15, 0.2) is 0 Å². The molecule has 0 amide bonds. The van der Waals surface area contributed by atoms with Gasteiger partial charge in [-0.1, -0.05) is 11.2 Å². The molecule has 0 spiro atoms. The van der Waals surface area contributed by atoms with Crippen LogP contribution in [0.2, 0.25) is 0 Å². The summed E-state index contributed by atoms with van der Waals surface area (Å²) in [6.45, 7) is 0.260. The van der Waals surface area contributed by atoms with Gasteiger partial charge in [0.05, 0.1) is 11.8 Å². The molecule has 0 aliphatic rings. The molecule has 6 nitrogen and oxygen atoms in total. The minimum Gasteiger partial charge on any atom is -0.365 e. The molecule has 0 saturated carbocycles. The van der Waals surface area contributed by atoms with Crippen LogP contribution in [0.4, 0.5) is 23.4 Å². The predicted octanol–water partition coefficient (Wildman–Crippen LogP) is 3.30. The molecular weight excluding hydrogens is 330 g/mol. The van der Waals surface area contributed by atoms with Gasteiger partial charge in [0, 0.05) is 18.9 Å². The summed E-state index contributed by atoms with van der Waals surface area (Å²) in [7, 11) is 0. The Hall–Kier alpha value is -3.04. The minimum atomic E-state index is -4.78. The van der Waals surface area contributed by atoms with Crippen LogP contribution < -0.4 is 5.32 Å². The Balaban J connectivity index is 1.76. The Kier molecular flexibility index (Phi) is 4.11. The van der Waals surface area contributed by atoms with E-state index in [1.165, 1.54) is 36.8 Å². The highest BCUT2D eigenvalue weighted by Gasteiger charge is 2.38. The summed E-state index contributed by atoms with van der Waals surface area (Å²) in [6, 6.07) is 3.99. The largest absolute Gasteiger partial charge is 0.471 e. The van der Waals surface area contributed by atoms with Gasteiger partial charge in [-0.3, -0.25) is 4.98 Å². The molecular formula is C14H9F4N5O. The summed E-state index contributed by atoms with van der Waals surface area (Å²) in [5.41, 5.74) is 0.374. The van der Waals surface area contributed by atoms with E-state index in [9.17, 15) is 17.6 Å². The number of nitrogens with zero attached hydrogens (tertiary/aromatic N) is 4. The second-order valence-corrected chi connectivity index (χ2v) is 4.68. The van der Waals surface area contributed by atoms with Gasteiger partial charge in [-0.15, -0.1) is 0 Å². The lowest BCUT2D eigenvalue weighted by Gasteiger charge is -2.06. The SMILES string of the molecule is Fc1cc(CNc2cnccn2)ccc1-c1noc(C(F)(F)F)n1. The third-order valence-corrected chi connectivity index (χ3v) is 2.98. The fraction of sp³-hybridized carbons (Fsp3) is 0.143. The number of hydrogen-bond donors (Lipinski definition) is 1. The minimum absolute atomic E-state index is 0.183. The molecule has 1 aromatic carbocycles. The molecule has 10 heteroatoms. The van der Waals surface area contributed by atoms with Crippen molar-refractivity contribution in [3.8, 4) is 11.4 Å². The third-order valence-electron chi connectivity index (χ3n) is 2.98. The Labute approximate surface area is 132 Å². The lowest BCUT2D eigenvalue weighted by atomic mass is 10.1. The first-order chi connectivity index (χ1) is 11.4. The van der Waals surface area contributed by atoms with E-state index >= 15 is 0 Å². The lowest BCUT2D eigenvalue weighted by Crippen LogP contribution is -2.05. The number of benzene rings is 1. The van der Waals surface area contributed by atoms with Gasteiger partial charge in [-0.05, 0) is 17.7 Å². The molecule has 0 fully saturated rings. The summed E-state index contributed by atoms with van der Waals surface area (Å²) >= 11 is 0. The van der Waals surface area contributed by atoms with Crippen LogP contribution in [0.25, 0.3) is 11.4 Å². The first kappa shape index (κ1) is 15.8. The summed E-state index contributed by atoms with van der Waals surface area (Å²) in [6.07, 6.45) is -0.259. The number of nitrogens with one attached hydrogen (secondary N) is 1. The molecule has 0 aliphatic heterocycles. The Bertz CT molecular complexity index is 835. The van der Waals surface area contributed by atoms with Crippen LogP contribution >= 0.6 is 0 Å². The van der Waals surface area contributed by atoms with Crippen molar-refractivity contribution in [2.24, 2.45) is 0 Å². The van der Waals surface area contributed by atoms with Crippen LogP contribution in [-0.2, 0) is 12.7 Å². The van der Waals surface area contributed by atoms with Crippen LogP contribution in [0.5, 0.6) is 0 Å². The average Bonchev–Trinajstić information content (AvgIpc) is 3.04. The number of hydrogen-bond acceptors (Lipinski definition) is 6. The Morgan fingerprint density at radius 3 is 2.62 bits per heavy atom. The predicted molar refractivity (Wildman–Crippen MR) is 74.1 cm³/mol. The first-order valence-electron chi connectivity index (χ1n) is 6.63. The zero-order valence-corrected chi connectivity index (χ0v) is 11.9. The van der Waals surface area contributed by atoms with Gasteiger partial charge in [0.2, 0.25) is 5.82 Å². The molecule has 24 heavy (non-hydrogen) atoms. The summed E-state index contributed by atoms with van der Waals surface area (Å²) < 4.78 is 55.5. The van der Waals surface area contributed by atoms with Gasteiger partial charge in [0.1, 0.15) is 11.6 Å². The molecule has 2 heterocycles. The average molecular weight is 339 g/mol. The van der Waals surface area contributed by atoms with E-state index in [1.807, 2.05) is 0 Å². The summed E-state index contributed by atoms with van der Waals surface area (Å²) in [4.78, 5) is 11.0. The highest BCUT2D eigenvalue weighted by molar-refractivity contribution is 5.56. The molecule has 3 rings (SSSR count). The fourth-order valence-corrected chi connectivity index (χ4v) is 1.88. The van der Waals surface area contributed by atoms with E-state index < -0.39 is 23.7 Å². The maximum atomic E-state index is 14.1. The second-order valence-electron chi connectivity index (χ2n) is 4.68. The zero-order chi connectivity index (χ0) is 17.2. The molecule has 2 aromatic heterocycles. The van der Waals surface area contributed by atoms with E-state index in [-0.39, 0.29) is 12.1 Å². The Morgan fingerprint density at radius 2 is 2.00 bits per heavy atom. The quantitative estimate of drug-likeness (QED) is 0.735. The Morgan fingerprint density at radius 1 is 1.17 bits per heavy atom. The van der Waals surface area contributed by atoms with Gasteiger partial charge < -0.3 is 9.84 Å². The van der Waals surface area contributed by atoms with Crippen LogP contribution in [0.15, 0.2) is 41.3 Å². The highest BCUT2D eigenvalue weighted by atomic mass is 19.4. The third kappa shape index (κ3) is 3.47. The highest BCUT2D eigenvalue weighted by Crippen LogP contribution is 2.30. The maximum absolute atomic E-state index is 14.1.